The zero-order valence-corrected chi connectivity index (χ0v) is 15.7. The highest BCUT2D eigenvalue weighted by atomic mass is 16.5. The second-order valence-corrected chi connectivity index (χ2v) is 6.20. The molecule has 0 radical (unpaired) electrons. The van der Waals surface area contributed by atoms with E-state index in [1.807, 2.05) is 86.9 Å². The maximum atomic E-state index is 5.88. The van der Waals surface area contributed by atoms with Crippen LogP contribution in [0.2, 0.25) is 0 Å². The number of aromatic nitrogens is 2. The largest absolute Gasteiger partial charge is 0.489 e. The third-order valence-electron chi connectivity index (χ3n) is 3.87. The minimum atomic E-state index is 0.535. The van der Waals surface area contributed by atoms with Gasteiger partial charge in [-0.1, -0.05) is 42.5 Å². The van der Waals surface area contributed by atoms with Crippen LogP contribution in [-0.2, 0) is 13.2 Å². The van der Waals surface area contributed by atoms with E-state index in [1.165, 1.54) is 0 Å². The highest BCUT2D eigenvalue weighted by Gasteiger charge is 2.03. The summed E-state index contributed by atoms with van der Waals surface area (Å²) in [4.78, 5) is 11.0. The highest BCUT2D eigenvalue weighted by molar-refractivity contribution is 5.55. The van der Waals surface area contributed by atoms with Crippen LogP contribution in [0.4, 0.5) is 11.6 Å². The monoisotopic (exact) mass is 360 g/mol. The van der Waals surface area contributed by atoms with E-state index < -0.39 is 0 Å². The Morgan fingerprint density at radius 3 is 2.74 bits per heavy atom. The molecule has 0 unspecified atom stereocenters. The van der Waals surface area contributed by atoms with Gasteiger partial charge in [0, 0.05) is 25.0 Å². The van der Waals surface area contributed by atoms with Crippen molar-refractivity contribution in [2.45, 2.75) is 20.1 Å². The third kappa shape index (κ3) is 5.85. The second kappa shape index (κ2) is 9.38. The van der Waals surface area contributed by atoms with Crippen molar-refractivity contribution in [1.82, 2.24) is 14.9 Å². The summed E-state index contributed by atoms with van der Waals surface area (Å²) in [5.41, 5.74) is 2.97. The van der Waals surface area contributed by atoms with Crippen molar-refractivity contribution >= 4 is 11.6 Å². The first-order valence-electron chi connectivity index (χ1n) is 8.92. The van der Waals surface area contributed by atoms with Gasteiger partial charge in [0.1, 0.15) is 12.4 Å². The van der Waals surface area contributed by atoms with Crippen molar-refractivity contribution < 1.29 is 4.74 Å². The molecule has 1 N–H and O–H groups in total. The number of ether oxygens (including phenoxy) is 1. The molecule has 27 heavy (non-hydrogen) atoms. The summed E-state index contributed by atoms with van der Waals surface area (Å²) in [6.45, 7) is 3.26. The van der Waals surface area contributed by atoms with E-state index in [-0.39, 0.29) is 0 Å². The zero-order valence-electron chi connectivity index (χ0n) is 15.7. The molecule has 1 aromatic heterocycles. The van der Waals surface area contributed by atoms with Gasteiger partial charge in [-0.3, -0.25) is 0 Å². The van der Waals surface area contributed by atoms with Gasteiger partial charge in [-0.25, -0.2) is 9.97 Å². The first-order valence-corrected chi connectivity index (χ1v) is 8.92. The number of anilines is 2. The van der Waals surface area contributed by atoms with Crippen LogP contribution < -0.4 is 10.1 Å². The van der Waals surface area contributed by atoms with Crippen LogP contribution in [0.1, 0.15) is 18.2 Å². The molecule has 0 spiro atoms. The maximum Gasteiger partial charge on any atom is 0.227 e. The van der Waals surface area contributed by atoms with Crippen LogP contribution >= 0.6 is 0 Å². The second-order valence-electron chi connectivity index (χ2n) is 6.20. The minimum absolute atomic E-state index is 0.535. The summed E-state index contributed by atoms with van der Waals surface area (Å²) in [6.07, 6.45) is 5.79. The van der Waals surface area contributed by atoms with E-state index in [2.05, 4.69) is 20.2 Å². The van der Waals surface area contributed by atoms with Gasteiger partial charge < -0.3 is 15.0 Å². The Balaban J connectivity index is 1.64. The molecule has 0 amide bonds. The van der Waals surface area contributed by atoms with Crippen molar-refractivity contribution in [1.29, 1.82) is 0 Å². The highest BCUT2D eigenvalue weighted by Crippen LogP contribution is 2.21. The predicted octanol–water partition coefficient (Wildman–Crippen LogP) is 4.76. The Labute approximate surface area is 160 Å². The van der Waals surface area contributed by atoms with Crippen LogP contribution in [0.15, 0.2) is 79.1 Å². The summed E-state index contributed by atoms with van der Waals surface area (Å²) < 4.78 is 5.88. The molecule has 0 aliphatic heterocycles. The van der Waals surface area contributed by atoms with Crippen molar-refractivity contribution in [3.63, 3.8) is 0 Å². The molecule has 1 heterocycles. The van der Waals surface area contributed by atoms with E-state index in [9.17, 15) is 0 Å². The summed E-state index contributed by atoms with van der Waals surface area (Å²) in [5, 5.41) is 3.25. The lowest BCUT2D eigenvalue weighted by Crippen LogP contribution is -2.12. The molecule has 3 rings (SSSR count). The molecule has 138 valence electrons. The molecule has 5 heteroatoms. The first-order chi connectivity index (χ1) is 13.2. The molecule has 0 saturated heterocycles. The lowest BCUT2D eigenvalue weighted by molar-refractivity contribution is 0.306. The molecule has 0 fully saturated rings. The summed E-state index contributed by atoms with van der Waals surface area (Å²) in [5.74, 6) is 1.37. The lowest BCUT2D eigenvalue weighted by Gasteiger charge is -2.14. The van der Waals surface area contributed by atoms with Crippen molar-refractivity contribution in [2.75, 3.05) is 12.4 Å². The van der Waals surface area contributed by atoms with Gasteiger partial charge >= 0.3 is 0 Å². The molecule has 0 atom stereocenters. The molecule has 0 bridgehead atoms. The standard InChI is InChI=1S/C22H24N4O/c1-3-14-26(2)16-20-12-13-23-22(25-20)24-19-10-7-11-21(15-19)27-17-18-8-5-4-6-9-18/h3-15H,16-17H2,1-2H3,(H,23,24,25)/b14-3-. The Hall–Kier alpha value is -3.34. The molecular formula is C22H24N4O. The van der Waals surface area contributed by atoms with Crippen molar-refractivity contribution in [2.24, 2.45) is 0 Å². The van der Waals surface area contributed by atoms with Gasteiger partial charge in [-0.2, -0.15) is 0 Å². The van der Waals surface area contributed by atoms with Crippen molar-refractivity contribution in [3.8, 4) is 5.75 Å². The summed E-state index contributed by atoms with van der Waals surface area (Å²) >= 11 is 0. The predicted molar refractivity (Wildman–Crippen MR) is 109 cm³/mol. The fourth-order valence-corrected chi connectivity index (χ4v) is 2.64. The van der Waals surface area contributed by atoms with Crippen LogP contribution in [0.25, 0.3) is 0 Å². The van der Waals surface area contributed by atoms with Crippen LogP contribution in [-0.4, -0.2) is 21.9 Å². The van der Waals surface area contributed by atoms with E-state index in [0.717, 1.165) is 29.2 Å². The van der Waals surface area contributed by atoms with Crippen LogP contribution in [0.5, 0.6) is 5.75 Å². The number of nitrogens with one attached hydrogen (secondary N) is 1. The average molecular weight is 360 g/mol. The number of allylic oxidation sites excluding steroid dienone is 1. The molecule has 0 aliphatic carbocycles. The Bertz CT molecular complexity index is 880. The average Bonchev–Trinajstić information content (AvgIpc) is 2.68. The Kier molecular flexibility index (Phi) is 6.41. The fraction of sp³-hybridized carbons (Fsp3) is 0.182. The summed E-state index contributed by atoms with van der Waals surface area (Å²) in [7, 11) is 2.02. The van der Waals surface area contributed by atoms with Crippen molar-refractivity contribution in [3.05, 3.63) is 90.4 Å². The zero-order chi connectivity index (χ0) is 18.9. The van der Waals surface area contributed by atoms with E-state index in [0.29, 0.717) is 12.6 Å². The van der Waals surface area contributed by atoms with E-state index in [1.54, 1.807) is 6.20 Å². The molecular weight excluding hydrogens is 336 g/mol. The lowest BCUT2D eigenvalue weighted by atomic mass is 10.2. The SMILES string of the molecule is C/C=C\N(C)Cc1ccnc(Nc2cccc(OCc3ccccc3)c2)n1. The summed E-state index contributed by atoms with van der Waals surface area (Å²) in [6, 6.07) is 19.8. The quantitative estimate of drug-likeness (QED) is 0.627. The van der Waals surface area contributed by atoms with Gasteiger partial charge in [0.15, 0.2) is 0 Å². The van der Waals surface area contributed by atoms with Gasteiger partial charge in [0.2, 0.25) is 5.95 Å². The minimum Gasteiger partial charge on any atom is -0.489 e. The number of nitrogens with zero attached hydrogens (tertiary/aromatic N) is 3. The maximum absolute atomic E-state index is 5.88. The number of benzene rings is 2. The van der Waals surface area contributed by atoms with Crippen LogP contribution in [0.3, 0.4) is 0 Å². The molecule has 5 nitrogen and oxygen atoms in total. The molecule has 0 saturated carbocycles. The number of hydrogen-bond donors (Lipinski definition) is 1. The fourth-order valence-electron chi connectivity index (χ4n) is 2.64. The third-order valence-corrected chi connectivity index (χ3v) is 3.87. The normalized spacial score (nSPS) is 10.7. The Morgan fingerprint density at radius 2 is 1.93 bits per heavy atom. The number of hydrogen-bond acceptors (Lipinski definition) is 5. The van der Waals surface area contributed by atoms with Gasteiger partial charge in [-0.15, -0.1) is 0 Å². The van der Waals surface area contributed by atoms with E-state index in [4.69, 9.17) is 4.74 Å². The Morgan fingerprint density at radius 1 is 1.07 bits per heavy atom. The molecule has 2 aromatic carbocycles. The topological polar surface area (TPSA) is 50.3 Å². The van der Waals surface area contributed by atoms with Crippen LogP contribution in [0, 0.1) is 0 Å². The van der Waals surface area contributed by atoms with Gasteiger partial charge in [0.05, 0.1) is 12.2 Å². The number of rotatable bonds is 8. The molecule has 0 aliphatic rings. The van der Waals surface area contributed by atoms with E-state index >= 15 is 0 Å². The van der Waals surface area contributed by atoms with Gasteiger partial charge in [0.25, 0.3) is 0 Å². The van der Waals surface area contributed by atoms with Gasteiger partial charge in [-0.05, 0) is 36.9 Å². The smallest absolute Gasteiger partial charge is 0.227 e. The first kappa shape index (κ1) is 18.5. The molecule has 3 aromatic rings.